The van der Waals surface area contributed by atoms with Gasteiger partial charge in [-0.3, -0.25) is 78.8 Å². The lowest BCUT2D eigenvalue weighted by molar-refractivity contribution is 0.180. The molecule has 3 aromatic carbocycles. The lowest BCUT2D eigenvalue weighted by Crippen LogP contribution is -2.52. The highest BCUT2D eigenvalue weighted by Gasteiger charge is 2.34. The van der Waals surface area contributed by atoms with E-state index in [4.69, 9.17) is 0 Å². The van der Waals surface area contributed by atoms with Crippen LogP contribution in [-0.4, -0.2) is 117 Å². The number of urea groups is 1. The maximum atomic E-state index is 12.4. The summed E-state index contributed by atoms with van der Waals surface area (Å²) >= 11 is 0. The predicted molar refractivity (Wildman–Crippen MR) is 616 cm³/mol. The first kappa shape index (κ1) is 131. The Labute approximate surface area is 866 Å². The highest BCUT2D eigenvalue weighted by atomic mass is 16.2. The minimum absolute atomic E-state index is 0.0266. The van der Waals surface area contributed by atoms with Crippen LogP contribution < -0.4 is 44.7 Å². The molecule has 0 saturated heterocycles. The Balaban J connectivity index is 0.000000811. The van der Waals surface area contributed by atoms with Crippen molar-refractivity contribution in [1.82, 2.24) is 98.7 Å². The number of anilines is 1. The van der Waals surface area contributed by atoms with Gasteiger partial charge in [0, 0.05) is 140 Å². The fourth-order valence-corrected chi connectivity index (χ4v) is 16.8. The minimum Gasteiger partial charge on any atom is -0.318 e. The van der Waals surface area contributed by atoms with Crippen LogP contribution >= 0.6 is 0 Å². The van der Waals surface area contributed by atoms with Crippen LogP contribution in [0.5, 0.6) is 0 Å². The first-order chi connectivity index (χ1) is 68.8. The van der Waals surface area contributed by atoms with Crippen molar-refractivity contribution in [3.8, 4) is 0 Å². The lowest BCUT2D eigenvalue weighted by atomic mass is 10.1. The number of benzene rings is 3. The van der Waals surface area contributed by atoms with Crippen LogP contribution in [0.25, 0.3) is 77.8 Å². The SMILES string of the molecule is CC.CC.CC.CC.CC.CC.CC.CC.CC(C)N1Cc2ccccc2N(C(C)C)C1=O.CC(C)n1c(=O)n(C(C)C)c2ccccc21.CC(C)n1c(=O)n(C(C)C)c2ccccc21.CC(C)n1c(=O)n(C(C)C)c2cnccc21.CC(C)n1c(=O)n(C(C)C)c2cnccc21.CC(C)n1c(=O)n(C(C)C)c2ncccc21.CC(C)n1c(=O)n(C(C)C)c2ncccc21.CC(C)n1c(=O)n(C(C)C)c2nccnc21. The standard InChI is InChI=1S/C14H20N2O.2C13H18N2O.4C12H17N3O.C11H16N4O.8C2H6/c1-10(2)15-9-12-7-5-6-8-13(12)16(11(3)4)14(15)17;2*1-9(2)14-11-7-5-6-8-12(11)15(10(3)4)13(14)16;2*1-8(2)14-10-5-6-13-7-11(10)15(9(3)4)12(14)16;2*1-8(2)14-10-6-5-7-13-11(10)15(9(3)4)12(14)16;1-7(2)14-9-10(13-6-5-12-9)15(8(3)4)11(14)16;8*1-2/h5-8,10-11H,9H2,1-4H3;2*5-10H,1-4H3;4*5-9H,1-4H3;5-8H,1-4H3;8*1-2H3. The third-order valence-electron chi connectivity index (χ3n) is 22.3. The summed E-state index contributed by atoms with van der Waals surface area (Å²) in [5.74, 6) is 0. The van der Waals surface area contributed by atoms with Crippen molar-refractivity contribution in [2.45, 2.75) is 436 Å². The molecule has 0 aliphatic carbocycles. The number of fused-ring (bicyclic) bond motifs is 8. The number of pyridine rings is 4. The Morgan fingerprint density at radius 1 is 0.193 bits per heavy atom. The van der Waals surface area contributed by atoms with Crippen molar-refractivity contribution < 1.29 is 4.79 Å². The zero-order chi connectivity index (χ0) is 112. The summed E-state index contributed by atoms with van der Waals surface area (Å²) in [7, 11) is 0. The Kier molecular flexibility index (Phi) is 56.7. The number of nitrogens with zero attached hydrogens (tertiary/aromatic N) is 22. The maximum Gasteiger partial charge on any atom is 0.332 e. The zero-order valence-electron chi connectivity index (χ0n) is 98.1. The number of carbonyl (C=O) groups is 1. The van der Waals surface area contributed by atoms with Crippen molar-refractivity contribution in [1.29, 1.82) is 0 Å². The molecule has 16 rings (SSSR count). The van der Waals surface area contributed by atoms with Gasteiger partial charge in [-0.25, -0.2) is 58.3 Å². The number of aromatic nitrogens is 20. The zero-order valence-corrected chi connectivity index (χ0v) is 98.1. The molecule has 145 heavy (non-hydrogen) atoms. The van der Waals surface area contributed by atoms with Gasteiger partial charge in [-0.15, -0.1) is 0 Å². The average Bonchev–Trinajstić information content (AvgIpc) is 1.41. The number of hydrogen-bond acceptors (Lipinski definition) is 14. The normalized spacial score (nSPS) is 11.4. The largest absolute Gasteiger partial charge is 0.332 e. The first-order valence-corrected chi connectivity index (χ1v) is 53.6. The van der Waals surface area contributed by atoms with E-state index in [1.807, 2.05) is 445 Å². The van der Waals surface area contributed by atoms with Crippen molar-refractivity contribution in [3.63, 3.8) is 0 Å². The molecule has 0 bridgehead atoms. The molecule has 0 N–H and O–H groups in total. The van der Waals surface area contributed by atoms with Gasteiger partial charge < -0.3 is 4.90 Å². The molecule has 2 amide bonds. The highest BCUT2D eigenvalue weighted by Crippen LogP contribution is 2.32. The molecule has 30 heteroatoms. The van der Waals surface area contributed by atoms with Crippen LogP contribution in [-0.2, 0) is 6.54 Å². The van der Waals surface area contributed by atoms with E-state index < -0.39 is 0 Å². The molecule has 1 aliphatic rings. The number of rotatable bonds is 16. The number of para-hydroxylation sites is 5. The molecular formula is C115H188N22O8. The lowest BCUT2D eigenvalue weighted by Gasteiger charge is -2.41. The smallest absolute Gasteiger partial charge is 0.318 e. The van der Waals surface area contributed by atoms with E-state index in [2.05, 4.69) is 63.7 Å². The maximum absolute atomic E-state index is 12.4. The molecule has 15 aromatic rings. The first-order valence-electron chi connectivity index (χ1n) is 53.6. The molecule has 13 heterocycles. The molecule has 30 nitrogen and oxygen atoms in total. The van der Waals surface area contributed by atoms with Crippen molar-refractivity contribution in [2.24, 2.45) is 0 Å². The van der Waals surface area contributed by atoms with Crippen molar-refractivity contribution in [2.75, 3.05) is 4.90 Å². The van der Waals surface area contributed by atoms with Gasteiger partial charge in [0.05, 0.1) is 73.2 Å². The molecule has 0 saturated carbocycles. The number of imidazole rings is 7. The summed E-state index contributed by atoms with van der Waals surface area (Å²) in [5.41, 5.74) is 15.1. The third-order valence-corrected chi connectivity index (χ3v) is 22.3. The summed E-state index contributed by atoms with van der Waals surface area (Å²) < 4.78 is 25.1. The topological polar surface area (TPSA) is 289 Å². The van der Waals surface area contributed by atoms with Gasteiger partial charge in [0.25, 0.3) is 0 Å². The van der Waals surface area contributed by atoms with E-state index in [0.717, 1.165) is 78.7 Å². The number of amides is 2. The van der Waals surface area contributed by atoms with Crippen LogP contribution in [0.4, 0.5) is 10.5 Å². The number of hydrogen-bond donors (Lipinski definition) is 0. The monoisotopic (exact) mass is 2010 g/mol. The summed E-state index contributed by atoms with van der Waals surface area (Å²) in [6.07, 6.45) is 13.7. The molecule has 0 radical (unpaired) electrons. The Morgan fingerprint density at radius 2 is 0.393 bits per heavy atom. The molecular weight excluding hydrogens is 1820 g/mol. The Bertz CT molecular complexity index is 5440. The molecule has 0 spiro atoms. The summed E-state index contributed by atoms with van der Waals surface area (Å²) in [4.78, 5) is 127. The van der Waals surface area contributed by atoms with Crippen LogP contribution in [0, 0.1) is 0 Å². The molecule has 0 unspecified atom stereocenters. The molecule has 806 valence electrons. The second kappa shape index (κ2) is 63.0. The van der Waals surface area contributed by atoms with Gasteiger partial charge in [-0.05, 0) is 294 Å². The van der Waals surface area contributed by atoms with Gasteiger partial charge in [0.15, 0.2) is 22.6 Å². The second-order valence-corrected chi connectivity index (χ2v) is 37.2. The third kappa shape index (κ3) is 30.8. The van der Waals surface area contributed by atoms with Gasteiger partial charge >= 0.3 is 45.9 Å². The number of carbonyl (C=O) groups excluding carboxylic acids is 1. The van der Waals surface area contributed by atoms with Crippen molar-refractivity contribution in [3.05, 3.63) is 238 Å². The Hall–Kier alpha value is -12.5. The minimum atomic E-state index is -0.0359. The molecule has 1 aliphatic heterocycles. The van der Waals surface area contributed by atoms with E-state index in [9.17, 15) is 38.4 Å². The van der Waals surface area contributed by atoms with E-state index in [1.165, 1.54) is 5.56 Å². The van der Waals surface area contributed by atoms with Gasteiger partial charge in [0.1, 0.15) is 0 Å². The fourth-order valence-electron chi connectivity index (χ4n) is 16.8. The fraction of sp³-hybridized carbons (Fsp3) is 0.565. The van der Waals surface area contributed by atoms with Gasteiger partial charge in [0.2, 0.25) is 0 Å². The highest BCUT2D eigenvalue weighted by molar-refractivity contribution is 5.95. The quantitative estimate of drug-likeness (QED) is 0.0869. The van der Waals surface area contributed by atoms with E-state index in [1.54, 1.807) is 86.1 Å². The van der Waals surface area contributed by atoms with Crippen LogP contribution in [0.3, 0.4) is 0 Å². The molecule has 0 atom stereocenters. The summed E-state index contributed by atoms with van der Waals surface area (Å²) in [6.45, 7) is 97.3. The second-order valence-electron chi connectivity index (χ2n) is 37.2. The molecule has 12 aromatic heterocycles. The van der Waals surface area contributed by atoms with Crippen LogP contribution in [0.2, 0.25) is 0 Å². The van der Waals surface area contributed by atoms with Gasteiger partial charge in [-0.1, -0.05) is 153 Å². The van der Waals surface area contributed by atoms with Crippen LogP contribution in [0.1, 0.15) is 422 Å². The van der Waals surface area contributed by atoms with E-state index >= 15 is 0 Å². The predicted octanol–water partition coefficient (Wildman–Crippen LogP) is 28.6. The summed E-state index contributed by atoms with van der Waals surface area (Å²) in [6, 6.07) is 38.2. The van der Waals surface area contributed by atoms with E-state index in [0.29, 0.717) is 11.3 Å². The van der Waals surface area contributed by atoms with Gasteiger partial charge in [-0.2, -0.15) is 0 Å². The summed E-state index contributed by atoms with van der Waals surface area (Å²) in [5, 5.41) is 0. The van der Waals surface area contributed by atoms with Crippen molar-refractivity contribution >= 4 is 89.5 Å². The Morgan fingerprint density at radius 3 is 0.641 bits per heavy atom. The van der Waals surface area contributed by atoms with Crippen LogP contribution in [0.15, 0.2) is 192 Å². The van der Waals surface area contributed by atoms with E-state index in [-0.39, 0.29) is 143 Å². The molecule has 0 fully saturated rings. The average molecular weight is 2010 g/mol.